The molecule has 0 spiro atoms. The number of aromatic nitrogens is 1. The number of pyridine rings is 1. The summed E-state index contributed by atoms with van der Waals surface area (Å²) in [5, 5.41) is 13.0. The summed E-state index contributed by atoms with van der Waals surface area (Å²) in [6.07, 6.45) is 2.50. The zero-order valence-electron chi connectivity index (χ0n) is 19.0. The van der Waals surface area contributed by atoms with Crippen molar-refractivity contribution in [2.75, 3.05) is 37.6 Å². The maximum absolute atomic E-state index is 12.3. The first-order valence-electron chi connectivity index (χ1n) is 11.1. The summed E-state index contributed by atoms with van der Waals surface area (Å²) in [6, 6.07) is 2.44. The van der Waals surface area contributed by atoms with E-state index in [2.05, 4.69) is 44.0 Å². The molecule has 0 atom stereocenters. The van der Waals surface area contributed by atoms with Crippen LogP contribution in [0.4, 0.5) is 10.6 Å². The van der Waals surface area contributed by atoms with Crippen molar-refractivity contribution in [1.82, 2.24) is 15.2 Å². The van der Waals surface area contributed by atoms with Gasteiger partial charge in [-0.05, 0) is 38.2 Å². The third kappa shape index (κ3) is 4.86. The van der Waals surface area contributed by atoms with Gasteiger partial charge in [-0.2, -0.15) is 5.26 Å². The summed E-state index contributed by atoms with van der Waals surface area (Å²) < 4.78 is 6.06. The van der Waals surface area contributed by atoms with E-state index in [4.69, 9.17) is 9.72 Å². The SMILES string of the molecule is CCCNC(=O)N1CCN(c2nc(CC(C)C)c3c(c2C#N)CC(C)(C)OC3)CC1. The lowest BCUT2D eigenvalue weighted by Crippen LogP contribution is -2.52. The molecule has 164 valence electrons. The van der Waals surface area contributed by atoms with Crippen molar-refractivity contribution in [1.29, 1.82) is 5.26 Å². The molecule has 1 aromatic heterocycles. The lowest BCUT2D eigenvalue weighted by Gasteiger charge is -2.38. The van der Waals surface area contributed by atoms with Gasteiger partial charge in [0, 0.05) is 50.4 Å². The molecule has 2 amide bonds. The highest BCUT2D eigenvalue weighted by Crippen LogP contribution is 2.36. The number of nitrogens with one attached hydrogen (secondary N) is 1. The Morgan fingerprint density at radius 1 is 1.27 bits per heavy atom. The normalized spacial score (nSPS) is 18.2. The van der Waals surface area contributed by atoms with E-state index in [0.717, 1.165) is 35.5 Å². The van der Waals surface area contributed by atoms with Crippen LogP contribution in [0.15, 0.2) is 0 Å². The molecule has 0 radical (unpaired) electrons. The van der Waals surface area contributed by atoms with Crippen molar-refractivity contribution >= 4 is 11.8 Å². The van der Waals surface area contributed by atoms with Gasteiger partial charge in [-0.3, -0.25) is 0 Å². The summed E-state index contributed by atoms with van der Waals surface area (Å²) >= 11 is 0. The second-order valence-electron chi connectivity index (χ2n) is 9.36. The summed E-state index contributed by atoms with van der Waals surface area (Å²) in [7, 11) is 0. The summed E-state index contributed by atoms with van der Waals surface area (Å²) in [4.78, 5) is 21.3. The molecule has 0 saturated carbocycles. The number of amides is 2. The summed E-state index contributed by atoms with van der Waals surface area (Å²) in [6.45, 7) is 14.4. The molecule has 1 fully saturated rings. The molecule has 1 aromatic rings. The van der Waals surface area contributed by atoms with Crippen LogP contribution in [-0.2, 0) is 24.2 Å². The van der Waals surface area contributed by atoms with Gasteiger partial charge < -0.3 is 19.9 Å². The number of carbonyl (C=O) groups excluding carboxylic acids is 1. The number of piperazine rings is 1. The van der Waals surface area contributed by atoms with Crippen LogP contribution in [0.2, 0.25) is 0 Å². The standard InChI is InChI=1S/C23H35N5O2/c1-6-7-25-22(29)28-10-8-27(9-11-28)21-18(14-24)17-13-23(4,5)30-15-19(17)20(26-21)12-16(2)3/h16H,6-13,15H2,1-5H3,(H,25,29). The van der Waals surface area contributed by atoms with Gasteiger partial charge in [0.25, 0.3) is 0 Å². The van der Waals surface area contributed by atoms with Crippen molar-refractivity contribution in [2.24, 2.45) is 5.92 Å². The molecule has 7 heteroatoms. The van der Waals surface area contributed by atoms with Crippen LogP contribution in [0.1, 0.15) is 63.4 Å². The highest BCUT2D eigenvalue weighted by Gasteiger charge is 2.33. The number of nitriles is 1. The Bertz CT molecular complexity index is 820. The van der Waals surface area contributed by atoms with Gasteiger partial charge in [0.2, 0.25) is 0 Å². The first-order chi connectivity index (χ1) is 14.3. The largest absolute Gasteiger partial charge is 0.370 e. The van der Waals surface area contributed by atoms with E-state index < -0.39 is 0 Å². The van der Waals surface area contributed by atoms with Crippen LogP contribution in [0.3, 0.4) is 0 Å². The van der Waals surface area contributed by atoms with Crippen LogP contribution >= 0.6 is 0 Å². The quantitative estimate of drug-likeness (QED) is 0.801. The third-order valence-electron chi connectivity index (χ3n) is 5.79. The Hall–Kier alpha value is -2.33. The van der Waals surface area contributed by atoms with E-state index in [1.807, 2.05) is 11.8 Å². The first kappa shape index (κ1) is 22.4. The number of carbonyl (C=O) groups is 1. The monoisotopic (exact) mass is 413 g/mol. The number of nitrogens with zero attached hydrogens (tertiary/aromatic N) is 4. The molecule has 0 unspecified atom stereocenters. The van der Waals surface area contributed by atoms with Crippen LogP contribution < -0.4 is 10.2 Å². The van der Waals surface area contributed by atoms with Crippen LogP contribution in [0.5, 0.6) is 0 Å². The third-order valence-corrected chi connectivity index (χ3v) is 5.79. The predicted molar refractivity (Wildman–Crippen MR) is 118 cm³/mol. The number of urea groups is 1. The van der Waals surface area contributed by atoms with Crippen molar-refractivity contribution in [3.63, 3.8) is 0 Å². The predicted octanol–water partition coefficient (Wildman–Crippen LogP) is 3.24. The molecular weight excluding hydrogens is 378 g/mol. The molecule has 0 bridgehead atoms. The van der Waals surface area contributed by atoms with Gasteiger partial charge >= 0.3 is 6.03 Å². The molecular formula is C23H35N5O2. The minimum absolute atomic E-state index is 0.00481. The molecule has 7 nitrogen and oxygen atoms in total. The lowest BCUT2D eigenvalue weighted by molar-refractivity contribution is -0.0407. The van der Waals surface area contributed by atoms with Gasteiger partial charge in [0.15, 0.2) is 0 Å². The van der Waals surface area contributed by atoms with Gasteiger partial charge in [0.05, 0.1) is 17.8 Å². The van der Waals surface area contributed by atoms with Crippen LogP contribution in [0, 0.1) is 17.2 Å². The molecule has 1 saturated heterocycles. The molecule has 30 heavy (non-hydrogen) atoms. The van der Waals surface area contributed by atoms with Crippen molar-refractivity contribution in [2.45, 2.75) is 66.1 Å². The van der Waals surface area contributed by atoms with Crippen molar-refractivity contribution < 1.29 is 9.53 Å². The number of fused-ring (bicyclic) bond motifs is 1. The van der Waals surface area contributed by atoms with E-state index in [1.165, 1.54) is 0 Å². The van der Waals surface area contributed by atoms with Crippen molar-refractivity contribution in [3.05, 3.63) is 22.4 Å². The highest BCUT2D eigenvalue weighted by atomic mass is 16.5. The smallest absolute Gasteiger partial charge is 0.317 e. The number of ether oxygens (including phenoxy) is 1. The second-order valence-corrected chi connectivity index (χ2v) is 9.36. The maximum Gasteiger partial charge on any atom is 0.317 e. The van der Waals surface area contributed by atoms with Gasteiger partial charge in [-0.25, -0.2) is 9.78 Å². The Morgan fingerprint density at radius 2 is 1.97 bits per heavy atom. The Balaban J connectivity index is 1.90. The Kier molecular flexibility index (Phi) is 6.87. The molecule has 2 aliphatic heterocycles. The van der Waals surface area contributed by atoms with E-state index in [0.29, 0.717) is 57.2 Å². The number of anilines is 1. The number of hydrogen-bond donors (Lipinski definition) is 1. The average Bonchev–Trinajstić information content (AvgIpc) is 2.70. The Labute approximate surface area is 180 Å². The van der Waals surface area contributed by atoms with E-state index in [1.54, 1.807) is 0 Å². The van der Waals surface area contributed by atoms with E-state index in [-0.39, 0.29) is 11.6 Å². The number of hydrogen-bond acceptors (Lipinski definition) is 5. The van der Waals surface area contributed by atoms with Crippen LogP contribution in [0.25, 0.3) is 0 Å². The van der Waals surface area contributed by atoms with Gasteiger partial charge in [-0.1, -0.05) is 20.8 Å². The zero-order valence-corrected chi connectivity index (χ0v) is 19.0. The molecule has 0 aromatic carbocycles. The fourth-order valence-corrected chi connectivity index (χ4v) is 4.19. The van der Waals surface area contributed by atoms with E-state index in [9.17, 15) is 10.1 Å². The minimum atomic E-state index is -0.289. The van der Waals surface area contributed by atoms with Crippen molar-refractivity contribution in [3.8, 4) is 6.07 Å². The zero-order chi connectivity index (χ0) is 21.9. The van der Waals surface area contributed by atoms with Gasteiger partial charge in [0.1, 0.15) is 11.9 Å². The topological polar surface area (TPSA) is 81.5 Å². The first-order valence-corrected chi connectivity index (χ1v) is 11.1. The minimum Gasteiger partial charge on any atom is -0.370 e. The maximum atomic E-state index is 12.3. The summed E-state index contributed by atoms with van der Waals surface area (Å²) in [5.41, 5.74) is 3.63. The number of rotatable bonds is 5. The fraction of sp³-hybridized carbons (Fsp3) is 0.696. The van der Waals surface area contributed by atoms with Crippen LogP contribution in [-0.4, -0.2) is 54.2 Å². The van der Waals surface area contributed by atoms with Gasteiger partial charge in [-0.15, -0.1) is 0 Å². The average molecular weight is 414 g/mol. The second kappa shape index (κ2) is 9.22. The summed E-state index contributed by atoms with van der Waals surface area (Å²) in [5.74, 6) is 1.25. The lowest BCUT2D eigenvalue weighted by atomic mass is 9.86. The Morgan fingerprint density at radius 3 is 2.57 bits per heavy atom. The molecule has 3 heterocycles. The molecule has 2 aliphatic rings. The molecule has 1 N–H and O–H groups in total. The molecule has 0 aliphatic carbocycles. The van der Waals surface area contributed by atoms with E-state index >= 15 is 0 Å². The molecule has 3 rings (SSSR count). The fourth-order valence-electron chi connectivity index (χ4n) is 4.19. The highest BCUT2D eigenvalue weighted by molar-refractivity contribution is 5.74.